The summed E-state index contributed by atoms with van der Waals surface area (Å²) in [6, 6.07) is 24.0. The SMILES string of the molecule is C/C=C\C1=C(/C=C/c2cc3c(c4c2[B]c2cccc5c2N4c2cc4c(cc2C5C)C(C)(C)CCC4(C)C)Cc2ccccc2-3)C(C)(C)CCC1(C)C. The Morgan fingerprint density at radius 2 is 1.31 bits per heavy atom. The van der Waals surface area contributed by atoms with Gasteiger partial charge >= 0.3 is 0 Å². The monoisotopic (exact) mass is 680 g/mol. The van der Waals surface area contributed by atoms with Crippen LogP contribution < -0.4 is 15.8 Å². The molecule has 4 aromatic rings. The van der Waals surface area contributed by atoms with Crippen molar-refractivity contribution in [2.24, 2.45) is 10.8 Å². The Morgan fingerprint density at radius 3 is 2.02 bits per heavy atom. The molecule has 0 fully saturated rings. The molecule has 1 atom stereocenters. The van der Waals surface area contributed by atoms with Crippen LogP contribution in [-0.2, 0) is 17.3 Å². The number of benzene rings is 4. The zero-order valence-electron chi connectivity index (χ0n) is 33.2. The van der Waals surface area contributed by atoms with Crippen molar-refractivity contribution in [3.05, 3.63) is 129 Å². The molecule has 0 N–H and O–H groups in total. The van der Waals surface area contributed by atoms with Gasteiger partial charge in [-0.3, -0.25) is 0 Å². The second kappa shape index (κ2) is 11.2. The van der Waals surface area contributed by atoms with Crippen LogP contribution in [0, 0.1) is 10.8 Å². The van der Waals surface area contributed by atoms with Crippen LogP contribution in [0.15, 0.2) is 90.0 Å². The fourth-order valence-corrected chi connectivity index (χ4v) is 10.6. The minimum Gasteiger partial charge on any atom is -0.311 e. The third kappa shape index (κ3) is 4.81. The average molecular weight is 681 g/mol. The van der Waals surface area contributed by atoms with E-state index in [1.807, 2.05) is 0 Å². The summed E-state index contributed by atoms with van der Waals surface area (Å²) in [5.41, 5.74) is 23.4. The van der Waals surface area contributed by atoms with Crippen molar-refractivity contribution >= 4 is 41.3 Å². The lowest BCUT2D eigenvalue weighted by molar-refractivity contribution is 0.273. The highest BCUT2D eigenvalue weighted by Gasteiger charge is 2.43. The Kier molecular flexibility index (Phi) is 7.30. The van der Waals surface area contributed by atoms with Gasteiger partial charge in [-0.25, -0.2) is 0 Å². The fourth-order valence-electron chi connectivity index (χ4n) is 10.6. The molecule has 4 aromatic carbocycles. The standard InChI is InChI=1S/C50H55BN/c1-11-15-38-39(48(5,6)23-22-47(38,3)4)21-20-32-27-36-34-17-13-12-16-31(34)26-37(36)46-44(32)51-42-19-14-18-33-30(2)35-28-40-41(29-43(35)52(46)45(33)42)50(9,10)25-24-49(40,7)8/h11-21,27-30H,22-26H2,1-10H3/b15-11-,21-20+. The molecule has 263 valence electrons. The van der Waals surface area contributed by atoms with Crippen molar-refractivity contribution in [2.45, 2.75) is 118 Å². The Bertz CT molecular complexity index is 2290. The first-order valence-corrected chi connectivity index (χ1v) is 19.9. The van der Waals surface area contributed by atoms with Gasteiger partial charge in [0.15, 0.2) is 7.28 Å². The van der Waals surface area contributed by atoms with E-state index in [9.17, 15) is 0 Å². The molecule has 0 spiro atoms. The van der Waals surface area contributed by atoms with Crippen LogP contribution in [0.3, 0.4) is 0 Å². The zero-order valence-corrected chi connectivity index (χ0v) is 33.2. The molecule has 0 bridgehead atoms. The number of anilines is 3. The summed E-state index contributed by atoms with van der Waals surface area (Å²) >= 11 is 0. The van der Waals surface area contributed by atoms with Crippen molar-refractivity contribution in [3.8, 4) is 11.1 Å². The maximum Gasteiger partial charge on any atom is 0.197 e. The summed E-state index contributed by atoms with van der Waals surface area (Å²) in [5.74, 6) is 0.324. The van der Waals surface area contributed by atoms with Gasteiger partial charge in [0, 0.05) is 23.7 Å². The molecule has 52 heavy (non-hydrogen) atoms. The number of para-hydroxylation sites is 1. The minimum absolute atomic E-state index is 0.108. The molecule has 2 heterocycles. The van der Waals surface area contributed by atoms with Gasteiger partial charge in [-0.1, -0.05) is 146 Å². The van der Waals surface area contributed by atoms with Gasteiger partial charge in [0.25, 0.3) is 0 Å². The molecule has 0 saturated heterocycles. The summed E-state index contributed by atoms with van der Waals surface area (Å²) < 4.78 is 0. The smallest absolute Gasteiger partial charge is 0.197 e. The molecule has 0 amide bonds. The molecule has 0 aromatic heterocycles. The van der Waals surface area contributed by atoms with Crippen molar-refractivity contribution < 1.29 is 0 Å². The summed E-state index contributed by atoms with van der Waals surface area (Å²) in [5, 5.41) is 0. The van der Waals surface area contributed by atoms with E-state index in [2.05, 4.69) is 166 Å². The lowest BCUT2D eigenvalue weighted by Crippen LogP contribution is -2.44. The Labute approximate surface area is 314 Å². The third-order valence-electron chi connectivity index (χ3n) is 14.1. The summed E-state index contributed by atoms with van der Waals surface area (Å²) in [4.78, 5) is 2.73. The first kappa shape index (κ1) is 33.8. The number of allylic oxidation sites excluding steroid dienone is 5. The first-order chi connectivity index (χ1) is 24.6. The average Bonchev–Trinajstić information content (AvgIpc) is 3.48. The number of hydrogen-bond acceptors (Lipinski definition) is 1. The van der Waals surface area contributed by atoms with Gasteiger partial charge in [0.1, 0.15) is 0 Å². The number of rotatable bonds is 3. The van der Waals surface area contributed by atoms with Crippen LogP contribution in [0.1, 0.15) is 140 Å². The molecule has 5 aliphatic rings. The van der Waals surface area contributed by atoms with Crippen molar-refractivity contribution in [1.29, 1.82) is 0 Å². The molecule has 9 rings (SSSR count). The van der Waals surface area contributed by atoms with Gasteiger partial charge in [-0.05, 0) is 128 Å². The largest absolute Gasteiger partial charge is 0.311 e. The van der Waals surface area contributed by atoms with Gasteiger partial charge < -0.3 is 4.90 Å². The maximum absolute atomic E-state index is 2.73. The second-order valence-corrected chi connectivity index (χ2v) is 19.2. The predicted octanol–water partition coefficient (Wildman–Crippen LogP) is 12.2. The normalized spacial score (nSPS) is 22.3. The first-order valence-electron chi connectivity index (χ1n) is 19.9. The highest BCUT2D eigenvalue weighted by molar-refractivity contribution is 6.72. The minimum atomic E-state index is 0.108. The third-order valence-corrected chi connectivity index (χ3v) is 14.1. The summed E-state index contributed by atoms with van der Waals surface area (Å²) in [6.07, 6.45) is 15.4. The fraction of sp³-hybridized carbons (Fsp3) is 0.400. The van der Waals surface area contributed by atoms with E-state index in [1.165, 1.54) is 109 Å². The van der Waals surface area contributed by atoms with E-state index in [1.54, 1.807) is 5.56 Å². The number of hydrogen-bond donors (Lipinski definition) is 0. The van der Waals surface area contributed by atoms with Gasteiger partial charge in [0.2, 0.25) is 0 Å². The molecule has 3 aliphatic carbocycles. The second-order valence-electron chi connectivity index (χ2n) is 19.2. The molecular formula is C50H55BN. The lowest BCUT2D eigenvalue weighted by atomic mass is 9.56. The molecular weight excluding hydrogens is 625 g/mol. The highest BCUT2D eigenvalue weighted by atomic mass is 15.2. The zero-order chi connectivity index (χ0) is 36.5. The van der Waals surface area contributed by atoms with Crippen LogP contribution in [0.2, 0.25) is 0 Å². The summed E-state index contributed by atoms with van der Waals surface area (Å²) in [7, 11) is 2.52. The molecule has 1 nitrogen and oxygen atoms in total. The molecule has 2 heteroatoms. The van der Waals surface area contributed by atoms with Crippen LogP contribution in [-0.4, -0.2) is 7.28 Å². The van der Waals surface area contributed by atoms with E-state index in [-0.39, 0.29) is 21.7 Å². The summed E-state index contributed by atoms with van der Waals surface area (Å²) in [6.45, 7) is 24.2. The number of nitrogens with zero attached hydrogens (tertiary/aromatic N) is 1. The van der Waals surface area contributed by atoms with Crippen LogP contribution in [0.25, 0.3) is 17.2 Å². The van der Waals surface area contributed by atoms with Crippen LogP contribution in [0.4, 0.5) is 17.1 Å². The topological polar surface area (TPSA) is 3.24 Å². The van der Waals surface area contributed by atoms with E-state index >= 15 is 0 Å². The van der Waals surface area contributed by atoms with Crippen molar-refractivity contribution in [3.63, 3.8) is 0 Å². The van der Waals surface area contributed by atoms with Gasteiger partial charge in [0.05, 0.1) is 5.69 Å². The molecule has 2 aliphatic heterocycles. The molecule has 0 saturated carbocycles. The molecule has 1 unspecified atom stereocenters. The van der Waals surface area contributed by atoms with Gasteiger partial charge in [-0.2, -0.15) is 0 Å². The van der Waals surface area contributed by atoms with Crippen LogP contribution >= 0.6 is 0 Å². The number of fused-ring (bicyclic) bond motifs is 9. The predicted molar refractivity (Wildman–Crippen MR) is 225 cm³/mol. The maximum atomic E-state index is 2.73. The van der Waals surface area contributed by atoms with E-state index < -0.39 is 0 Å². The quantitative estimate of drug-likeness (QED) is 0.168. The van der Waals surface area contributed by atoms with Crippen molar-refractivity contribution in [1.82, 2.24) is 0 Å². The Hall–Kier alpha value is -4.04. The van der Waals surface area contributed by atoms with Gasteiger partial charge in [-0.15, -0.1) is 0 Å². The Balaban J connectivity index is 1.34. The van der Waals surface area contributed by atoms with E-state index in [0.717, 1.165) is 6.42 Å². The van der Waals surface area contributed by atoms with Crippen LogP contribution in [0.5, 0.6) is 0 Å². The lowest BCUT2D eigenvalue weighted by Gasteiger charge is -2.47. The van der Waals surface area contributed by atoms with Crippen molar-refractivity contribution in [2.75, 3.05) is 4.90 Å². The van der Waals surface area contributed by atoms with E-state index in [4.69, 9.17) is 0 Å². The Morgan fingerprint density at radius 1 is 0.654 bits per heavy atom. The van der Waals surface area contributed by atoms with E-state index in [0.29, 0.717) is 5.92 Å². The molecule has 1 radical (unpaired) electrons. The highest BCUT2D eigenvalue weighted by Crippen LogP contribution is 2.57.